The molecule has 0 unspecified atom stereocenters. The van der Waals surface area contributed by atoms with Crippen molar-refractivity contribution >= 4 is 5.78 Å². The van der Waals surface area contributed by atoms with E-state index in [0.717, 1.165) is 19.3 Å². The molecule has 0 aromatic heterocycles. The number of ketones is 1. The Morgan fingerprint density at radius 2 is 2.42 bits per heavy atom. The maximum Gasteiger partial charge on any atom is 0.133 e. The minimum absolute atomic E-state index is 0.353. The Labute approximate surface area is 73.8 Å². The highest BCUT2D eigenvalue weighted by atomic mass is 16.1. The third kappa shape index (κ3) is 1.21. The van der Waals surface area contributed by atoms with Gasteiger partial charge in [0, 0.05) is 12.8 Å². The van der Waals surface area contributed by atoms with Crippen LogP contribution in [0, 0.1) is 11.3 Å². The van der Waals surface area contributed by atoms with Gasteiger partial charge in [-0.2, -0.15) is 0 Å². The van der Waals surface area contributed by atoms with Crippen LogP contribution in [-0.4, -0.2) is 5.78 Å². The summed E-state index contributed by atoms with van der Waals surface area (Å²) in [5.41, 5.74) is 0.353. The highest BCUT2D eigenvalue weighted by Gasteiger charge is 2.38. The van der Waals surface area contributed by atoms with E-state index in [1.54, 1.807) is 0 Å². The molecule has 1 heteroatoms. The quantitative estimate of drug-likeness (QED) is 0.503. The fraction of sp³-hybridized carbons (Fsp3) is 0.727. The van der Waals surface area contributed by atoms with Gasteiger partial charge in [-0.05, 0) is 30.6 Å². The highest BCUT2D eigenvalue weighted by molar-refractivity contribution is 5.79. The van der Waals surface area contributed by atoms with Crippen LogP contribution >= 0.6 is 0 Å². The van der Waals surface area contributed by atoms with Crippen molar-refractivity contribution in [3.8, 4) is 0 Å². The average molecular weight is 164 g/mol. The van der Waals surface area contributed by atoms with Gasteiger partial charge in [0.05, 0.1) is 0 Å². The molecule has 2 rings (SSSR count). The summed E-state index contributed by atoms with van der Waals surface area (Å²) in [5.74, 6) is 1.12. The standard InChI is InChI=1S/C11H16O/c1-11-6-3-2-4-9(11)8-10(12)5-7-11/h3,6,9H,2,4-5,7-8H2,1H3/t9-,11-/m1/s1. The number of rotatable bonds is 0. The lowest BCUT2D eigenvalue weighted by Gasteiger charge is -2.41. The third-order valence-corrected chi connectivity index (χ3v) is 3.53. The van der Waals surface area contributed by atoms with Crippen LogP contribution in [0.3, 0.4) is 0 Å². The van der Waals surface area contributed by atoms with E-state index in [9.17, 15) is 4.79 Å². The molecule has 1 fully saturated rings. The molecule has 0 radical (unpaired) electrons. The minimum atomic E-state index is 0.353. The van der Waals surface area contributed by atoms with Gasteiger partial charge in [0.15, 0.2) is 0 Å². The molecule has 0 saturated heterocycles. The van der Waals surface area contributed by atoms with Gasteiger partial charge >= 0.3 is 0 Å². The van der Waals surface area contributed by atoms with Gasteiger partial charge < -0.3 is 0 Å². The predicted octanol–water partition coefficient (Wildman–Crippen LogP) is 2.71. The minimum Gasteiger partial charge on any atom is -0.300 e. The van der Waals surface area contributed by atoms with Gasteiger partial charge in [-0.3, -0.25) is 4.79 Å². The number of allylic oxidation sites excluding steroid dienone is 2. The molecule has 0 aliphatic heterocycles. The topological polar surface area (TPSA) is 17.1 Å². The van der Waals surface area contributed by atoms with Gasteiger partial charge in [0.25, 0.3) is 0 Å². The number of carbonyl (C=O) groups excluding carboxylic acids is 1. The van der Waals surface area contributed by atoms with Gasteiger partial charge in [0.2, 0.25) is 0 Å². The smallest absolute Gasteiger partial charge is 0.133 e. The SMILES string of the molecule is C[C@]12C=CCC[C@@H]1CC(=O)CC2. The molecule has 2 atom stereocenters. The summed E-state index contributed by atoms with van der Waals surface area (Å²) in [6, 6.07) is 0. The Balaban J connectivity index is 2.20. The van der Waals surface area contributed by atoms with Crippen molar-refractivity contribution in [3.05, 3.63) is 12.2 Å². The molecule has 0 bridgehead atoms. The zero-order valence-electron chi connectivity index (χ0n) is 7.68. The zero-order chi connectivity index (χ0) is 8.60. The van der Waals surface area contributed by atoms with Gasteiger partial charge in [-0.1, -0.05) is 19.1 Å². The van der Waals surface area contributed by atoms with Crippen molar-refractivity contribution in [2.75, 3.05) is 0 Å². The van der Waals surface area contributed by atoms with E-state index in [1.807, 2.05) is 0 Å². The molecule has 0 heterocycles. The number of carbonyl (C=O) groups is 1. The molecule has 0 N–H and O–H groups in total. The Morgan fingerprint density at radius 3 is 3.25 bits per heavy atom. The second-order valence-electron chi connectivity index (χ2n) is 4.43. The van der Waals surface area contributed by atoms with Gasteiger partial charge in [-0.15, -0.1) is 0 Å². The first-order chi connectivity index (χ1) is 5.71. The number of hydrogen-bond acceptors (Lipinski definition) is 1. The van der Waals surface area contributed by atoms with E-state index in [2.05, 4.69) is 19.1 Å². The van der Waals surface area contributed by atoms with Crippen LogP contribution in [0.1, 0.15) is 39.0 Å². The molecule has 66 valence electrons. The van der Waals surface area contributed by atoms with Crippen molar-refractivity contribution in [1.82, 2.24) is 0 Å². The predicted molar refractivity (Wildman–Crippen MR) is 48.8 cm³/mol. The molecule has 0 amide bonds. The second-order valence-corrected chi connectivity index (χ2v) is 4.43. The van der Waals surface area contributed by atoms with E-state index >= 15 is 0 Å². The van der Waals surface area contributed by atoms with Crippen LogP contribution in [-0.2, 0) is 4.79 Å². The van der Waals surface area contributed by atoms with Crippen LogP contribution < -0.4 is 0 Å². The molecule has 0 aromatic carbocycles. The van der Waals surface area contributed by atoms with Gasteiger partial charge in [0.1, 0.15) is 5.78 Å². The normalized spacial score (nSPS) is 41.1. The maximum absolute atomic E-state index is 11.2. The zero-order valence-corrected chi connectivity index (χ0v) is 7.68. The lowest BCUT2D eigenvalue weighted by atomic mass is 9.63. The van der Waals surface area contributed by atoms with E-state index in [0.29, 0.717) is 17.1 Å². The average Bonchev–Trinajstić information content (AvgIpc) is 2.06. The number of fused-ring (bicyclic) bond motifs is 1. The first-order valence-electron chi connectivity index (χ1n) is 4.90. The monoisotopic (exact) mass is 164 g/mol. The van der Waals surface area contributed by atoms with Crippen LogP contribution in [0.15, 0.2) is 12.2 Å². The lowest BCUT2D eigenvalue weighted by molar-refractivity contribution is -0.124. The van der Waals surface area contributed by atoms with Crippen molar-refractivity contribution in [2.24, 2.45) is 11.3 Å². The first-order valence-corrected chi connectivity index (χ1v) is 4.90. The molecule has 1 nitrogen and oxygen atoms in total. The molecule has 0 spiro atoms. The van der Waals surface area contributed by atoms with E-state index in [1.165, 1.54) is 12.8 Å². The largest absolute Gasteiger partial charge is 0.300 e. The Hall–Kier alpha value is -0.590. The summed E-state index contributed by atoms with van der Waals surface area (Å²) in [5, 5.41) is 0. The maximum atomic E-state index is 11.2. The Morgan fingerprint density at radius 1 is 1.58 bits per heavy atom. The summed E-state index contributed by atoms with van der Waals surface area (Å²) in [7, 11) is 0. The van der Waals surface area contributed by atoms with Gasteiger partial charge in [-0.25, -0.2) is 0 Å². The third-order valence-electron chi connectivity index (χ3n) is 3.53. The fourth-order valence-electron chi connectivity index (χ4n) is 2.52. The van der Waals surface area contributed by atoms with Crippen molar-refractivity contribution in [2.45, 2.75) is 39.0 Å². The fourth-order valence-corrected chi connectivity index (χ4v) is 2.52. The number of Topliss-reactive ketones (excluding diaryl/α,β-unsaturated/α-hetero) is 1. The molecule has 1 saturated carbocycles. The molecule has 2 aliphatic carbocycles. The van der Waals surface area contributed by atoms with E-state index < -0.39 is 0 Å². The van der Waals surface area contributed by atoms with Crippen LogP contribution in [0.2, 0.25) is 0 Å². The summed E-state index contributed by atoms with van der Waals surface area (Å²) in [6.45, 7) is 2.31. The number of hydrogen-bond donors (Lipinski definition) is 0. The lowest BCUT2D eigenvalue weighted by Crippen LogP contribution is -2.34. The Kier molecular flexibility index (Phi) is 1.82. The van der Waals surface area contributed by atoms with E-state index in [-0.39, 0.29) is 0 Å². The summed E-state index contributed by atoms with van der Waals surface area (Å²) in [4.78, 5) is 11.2. The molecular weight excluding hydrogens is 148 g/mol. The van der Waals surface area contributed by atoms with Crippen LogP contribution in [0.4, 0.5) is 0 Å². The summed E-state index contributed by atoms with van der Waals surface area (Å²) < 4.78 is 0. The van der Waals surface area contributed by atoms with Crippen molar-refractivity contribution < 1.29 is 4.79 Å². The molecule has 0 aromatic rings. The molecule has 2 aliphatic rings. The first kappa shape index (κ1) is 8.03. The molecule has 12 heavy (non-hydrogen) atoms. The van der Waals surface area contributed by atoms with E-state index in [4.69, 9.17) is 0 Å². The second kappa shape index (κ2) is 2.72. The van der Waals surface area contributed by atoms with Crippen LogP contribution in [0.5, 0.6) is 0 Å². The van der Waals surface area contributed by atoms with Crippen LogP contribution in [0.25, 0.3) is 0 Å². The highest BCUT2D eigenvalue weighted by Crippen LogP contribution is 2.45. The van der Waals surface area contributed by atoms with Crippen molar-refractivity contribution in [3.63, 3.8) is 0 Å². The molecular formula is C11H16O. The summed E-state index contributed by atoms with van der Waals surface area (Å²) in [6.07, 6.45) is 9.73. The summed E-state index contributed by atoms with van der Waals surface area (Å²) >= 11 is 0. The Bertz CT molecular complexity index is 229. The van der Waals surface area contributed by atoms with Crippen molar-refractivity contribution in [1.29, 1.82) is 0 Å².